The molecule has 0 radical (unpaired) electrons. The molecule has 0 bridgehead atoms. The van der Waals surface area contributed by atoms with Crippen molar-refractivity contribution in [1.29, 1.82) is 5.26 Å². The van der Waals surface area contributed by atoms with Crippen LogP contribution in [0.1, 0.15) is 11.1 Å². The molecule has 0 saturated carbocycles. The summed E-state index contributed by atoms with van der Waals surface area (Å²) >= 11 is 5.69. The molecule has 4 nitrogen and oxygen atoms in total. The molecule has 0 atom stereocenters. The summed E-state index contributed by atoms with van der Waals surface area (Å²) in [6, 6.07) is 24.5. The molecule has 0 spiro atoms. The lowest BCUT2D eigenvalue weighted by atomic mass is 10.1. The smallest absolute Gasteiger partial charge is 0.266 e. The van der Waals surface area contributed by atoms with Gasteiger partial charge in [0.05, 0.1) is 0 Å². The number of para-hydroxylation sites is 1. The zero-order valence-corrected chi connectivity index (χ0v) is 19.0. The lowest BCUT2D eigenvalue weighted by molar-refractivity contribution is -0.112. The second-order valence-corrected chi connectivity index (χ2v) is 8.25. The van der Waals surface area contributed by atoms with Gasteiger partial charge in [0.25, 0.3) is 5.91 Å². The number of carbonyl (C=O) groups excluding carboxylic acids is 1. The van der Waals surface area contributed by atoms with Crippen LogP contribution in [0.3, 0.4) is 0 Å². The number of benzene rings is 3. The summed E-state index contributed by atoms with van der Waals surface area (Å²) in [5.41, 5.74) is 2.30. The Labute approximate surface area is 191 Å². The van der Waals surface area contributed by atoms with Crippen LogP contribution < -0.4 is 10.1 Å². The van der Waals surface area contributed by atoms with Gasteiger partial charge in [0.1, 0.15) is 24.0 Å². The number of nitrogens with one attached hydrogen (secondary N) is 1. The number of hydrogen-bond donors (Lipinski definition) is 1. The third-order valence-corrected chi connectivity index (χ3v) is 5.19. The van der Waals surface area contributed by atoms with Crippen molar-refractivity contribution in [2.45, 2.75) is 6.61 Å². The topological polar surface area (TPSA) is 62.1 Å². The summed E-state index contributed by atoms with van der Waals surface area (Å²) < 4.78 is 7.93. The average Bonchev–Trinajstić information content (AvgIpc) is 2.73. The molecule has 0 aliphatic heterocycles. The summed E-state index contributed by atoms with van der Waals surface area (Å²) in [6.45, 7) is 0.386. The molecule has 0 unspecified atom stereocenters. The van der Waals surface area contributed by atoms with E-state index in [1.807, 2.05) is 66.7 Å². The maximum atomic E-state index is 12.5. The summed E-state index contributed by atoms with van der Waals surface area (Å²) in [6.07, 6.45) is 1.53. The van der Waals surface area contributed by atoms with Crippen molar-refractivity contribution >= 4 is 56.2 Å². The van der Waals surface area contributed by atoms with E-state index in [0.717, 1.165) is 13.6 Å². The predicted octanol–water partition coefficient (Wildman–Crippen LogP) is 6.18. The van der Waals surface area contributed by atoms with Gasteiger partial charge in [-0.2, -0.15) is 5.26 Å². The Hall–Kier alpha value is -2.63. The van der Waals surface area contributed by atoms with Crippen molar-refractivity contribution in [3.8, 4) is 11.8 Å². The minimum atomic E-state index is -0.470. The highest BCUT2D eigenvalue weighted by atomic mass is 127. The zero-order chi connectivity index (χ0) is 20.6. The largest absolute Gasteiger partial charge is 0.488 e. The molecule has 0 aliphatic carbocycles. The van der Waals surface area contributed by atoms with Gasteiger partial charge in [-0.25, -0.2) is 0 Å². The highest BCUT2D eigenvalue weighted by Gasteiger charge is 2.12. The van der Waals surface area contributed by atoms with E-state index in [4.69, 9.17) is 4.74 Å². The van der Waals surface area contributed by atoms with E-state index in [9.17, 15) is 10.1 Å². The van der Waals surface area contributed by atoms with Crippen LogP contribution in [-0.2, 0) is 11.4 Å². The molecule has 0 heterocycles. The quantitative estimate of drug-likeness (QED) is 0.223. The van der Waals surface area contributed by atoms with Crippen LogP contribution >= 0.6 is 38.5 Å². The molecule has 3 aromatic carbocycles. The molecule has 144 valence electrons. The number of hydrogen-bond acceptors (Lipinski definition) is 3. The molecule has 1 amide bonds. The van der Waals surface area contributed by atoms with Gasteiger partial charge in [0.2, 0.25) is 0 Å². The van der Waals surface area contributed by atoms with Crippen LogP contribution in [0.5, 0.6) is 5.75 Å². The molecule has 0 saturated heterocycles. The summed E-state index contributed by atoms with van der Waals surface area (Å²) in [5, 5.41) is 12.2. The van der Waals surface area contributed by atoms with Crippen LogP contribution in [-0.4, -0.2) is 5.91 Å². The van der Waals surface area contributed by atoms with Crippen molar-refractivity contribution in [2.75, 3.05) is 5.32 Å². The lowest BCUT2D eigenvalue weighted by Gasteiger charge is -2.11. The number of carbonyl (C=O) groups is 1. The van der Waals surface area contributed by atoms with E-state index in [2.05, 4.69) is 43.8 Å². The van der Waals surface area contributed by atoms with E-state index < -0.39 is 5.91 Å². The maximum Gasteiger partial charge on any atom is 0.266 e. The number of nitrogens with zero attached hydrogens (tertiary/aromatic N) is 1. The molecular weight excluding hydrogens is 543 g/mol. The normalized spacial score (nSPS) is 10.9. The Bertz CT molecular complexity index is 1070. The van der Waals surface area contributed by atoms with Gasteiger partial charge < -0.3 is 10.1 Å². The molecular formula is C23H16BrIN2O2. The standard InChI is InChI=1S/C23H16BrIN2O2/c24-19-8-11-22(29-15-16-6-9-20(25)10-7-16)17(13-19)12-18(14-26)23(28)27-21-4-2-1-3-5-21/h1-13H,15H2,(H,27,28)/b18-12+. The first-order valence-corrected chi connectivity index (χ1v) is 10.6. The molecule has 0 aromatic heterocycles. The van der Waals surface area contributed by atoms with Crippen LogP contribution in [0.25, 0.3) is 6.08 Å². The fourth-order valence-electron chi connectivity index (χ4n) is 2.53. The number of anilines is 1. The van der Waals surface area contributed by atoms with Crippen molar-refractivity contribution in [2.24, 2.45) is 0 Å². The average molecular weight is 559 g/mol. The molecule has 3 aromatic rings. The summed E-state index contributed by atoms with van der Waals surface area (Å²) in [4.78, 5) is 12.5. The zero-order valence-electron chi connectivity index (χ0n) is 15.2. The second kappa shape index (κ2) is 10.2. The van der Waals surface area contributed by atoms with Crippen molar-refractivity contribution in [3.63, 3.8) is 0 Å². The van der Waals surface area contributed by atoms with Crippen LogP contribution in [0.15, 0.2) is 82.8 Å². The third kappa shape index (κ3) is 6.17. The minimum absolute atomic E-state index is 0.00827. The summed E-state index contributed by atoms with van der Waals surface area (Å²) in [5.74, 6) is 0.120. The molecule has 3 rings (SSSR count). The number of nitriles is 1. The van der Waals surface area contributed by atoms with Gasteiger partial charge in [-0.3, -0.25) is 4.79 Å². The monoisotopic (exact) mass is 558 g/mol. The first kappa shape index (κ1) is 21.1. The van der Waals surface area contributed by atoms with E-state index >= 15 is 0 Å². The highest BCUT2D eigenvalue weighted by molar-refractivity contribution is 14.1. The van der Waals surface area contributed by atoms with Crippen molar-refractivity contribution in [3.05, 3.63) is 97.5 Å². The number of ether oxygens (including phenoxy) is 1. The van der Waals surface area contributed by atoms with E-state index in [-0.39, 0.29) is 5.57 Å². The van der Waals surface area contributed by atoms with Crippen LogP contribution in [0, 0.1) is 14.9 Å². The first-order valence-electron chi connectivity index (χ1n) is 8.70. The fourth-order valence-corrected chi connectivity index (χ4v) is 3.27. The Kier molecular flexibility index (Phi) is 7.44. The second-order valence-electron chi connectivity index (χ2n) is 6.09. The van der Waals surface area contributed by atoms with Crippen molar-refractivity contribution < 1.29 is 9.53 Å². The molecule has 29 heavy (non-hydrogen) atoms. The van der Waals surface area contributed by atoms with Gasteiger partial charge >= 0.3 is 0 Å². The predicted molar refractivity (Wildman–Crippen MR) is 126 cm³/mol. The lowest BCUT2D eigenvalue weighted by Crippen LogP contribution is -2.13. The number of rotatable bonds is 6. The van der Waals surface area contributed by atoms with E-state index in [0.29, 0.717) is 23.6 Å². The molecule has 1 N–H and O–H groups in total. The first-order chi connectivity index (χ1) is 14.0. The van der Waals surface area contributed by atoms with Crippen LogP contribution in [0.4, 0.5) is 5.69 Å². The number of halogens is 2. The van der Waals surface area contributed by atoms with Gasteiger partial charge in [-0.15, -0.1) is 0 Å². The van der Waals surface area contributed by atoms with Gasteiger partial charge in [0, 0.05) is 19.3 Å². The van der Waals surface area contributed by atoms with E-state index in [1.54, 1.807) is 12.1 Å². The Morgan fingerprint density at radius 1 is 1.10 bits per heavy atom. The van der Waals surface area contributed by atoms with Crippen LogP contribution in [0.2, 0.25) is 0 Å². The Balaban J connectivity index is 1.82. The van der Waals surface area contributed by atoms with Gasteiger partial charge in [0.15, 0.2) is 0 Å². The maximum absolute atomic E-state index is 12.5. The minimum Gasteiger partial charge on any atom is -0.488 e. The molecule has 6 heteroatoms. The van der Waals surface area contributed by atoms with Gasteiger partial charge in [-0.05, 0) is 76.7 Å². The SMILES string of the molecule is N#C/C(=C\c1cc(Br)ccc1OCc1ccc(I)cc1)C(=O)Nc1ccccc1. The highest BCUT2D eigenvalue weighted by Crippen LogP contribution is 2.27. The fraction of sp³-hybridized carbons (Fsp3) is 0.0435. The molecule has 0 fully saturated rings. The Morgan fingerprint density at radius 3 is 2.52 bits per heavy atom. The third-order valence-electron chi connectivity index (χ3n) is 3.98. The van der Waals surface area contributed by atoms with E-state index in [1.165, 1.54) is 6.08 Å². The van der Waals surface area contributed by atoms with Gasteiger partial charge in [-0.1, -0.05) is 46.3 Å². The summed E-state index contributed by atoms with van der Waals surface area (Å²) in [7, 11) is 0. The Morgan fingerprint density at radius 2 is 1.83 bits per heavy atom. The van der Waals surface area contributed by atoms with Crippen molar-refractivity contribution in [1.82, 2.24) is 0 Å². The number of amides is 1. The molecule has 0 aliphatic rings.